The lowest BCUT2D eigenvalue weighted by molar-refractivity contribution is -0.147. The highest BCUT2D eigenvalue weighted by atomic mass is 16.5. The summed E-state index contributed by atoms with van der Waals surface area (Å²) < 4.78 is 9.28. The van der Waals surface area contributed by atoms with Crippen LogP contribution in [0, 0.1) is 0 Å². The molecule has 1 N–H and O–H groups in total. The highest BCUT2D eigenvalue weighted by molar-refractivity contribution is 5.91. The molecule has 0 saturated carbocycles. The summed E-state index contributed by atoms with van der Waals surface area (Å²) in [5.74, 6) is -3.05. The molecule has 2 atom stereocenters. The lowest BCUT2D eigenvalue weighted by Gasteiger charge is -2.18. The molecule has 1 amide bonds. The molecule has 0 radical (unpaired) electrons. The van der Waals surface area contributed by atoms with Crippen LogP contribution in [-0.2, 0) is 28.7 Å². The second kappa shape index (κ2) is 6.69. The van der Waals surface area contributed by atoms with Gasteiger partial charge in [0.05, 0.1) is 13.7 Å². The number of hydrogen-bond acceptors (Lipinski definition) is 6. The minimum atomic E-state index is -1.15. The van der Waals surface area contributed by atoms with Crippen molar-refractivity contribution in [2.45, 2.75) is 25.5 Å². The zero-order chi connectivity index (χ0) is 15.3. The first kappa shape index (κ1) is 15.7. The van der Waals surface area contributed by atoms with Crippen molar-refractivity contribution in [1.82, 2.24) is 4.90 Å². The van der Waals surface area contributed by atoms with Crippen LogP contribution in [0.25, 0.3) is 0 Å². The molecular formula is C12H15NO7. The van der Waals surface area contributed by atoms with Crippen molar-refractivity contribution in [2.75, 3.05) is 13.7 Å². The van der Waals surface area contributed by atoms with Gasteiger partial charge >= 0.3 is 17.9 Å². The number of methoxy groups -OCH3 is 1. The summed E-state index contributed by atoms with van der Waals surface area (Å²) >= 11 is 0. The van der Waals surface area contributed by atoms with Crippen molar-refractivity contribution < 1.29 is 33.8 Å². The van der Waals surface area contributed by atoms with E-state index in [0.29, 0.717) is 0 Å². The van der Waals surface area contributed by atoms with Gasteiger partial charge in [0.2, 0.25) is 5.91 Å². The normalized spacial score (nSPS) is 21.8. The van der Waals surface area contributed by atoms with E-state index >= 15 is 0 Å². The molecule has 0 aromatic rings. The van der Waals surface area contributed by atoms with Crippen molar-refractivity contribution in [3.8, 4) is 0 Å². The molecule has 0 bridgehead atoms. The zero-order valence-corrected chi connectivity index (χ0v) is 11.1. The highest BCUT2D eigenvalue weighted by Crippen LogP contribution is 2.21. The third-order valence-electron chi connectivity index (χ3n) is 2.79. The second-order valence-electron chi connectivity index (χ2n) is 4.18. The standard InChI is InChI=1S/C12H15NO7/c1-7(14)13-6-8(5-9(13)12(17)18)20-11(16)4-3-10(15)19-2/h3-4,8-9H,5-6H2,1-2H3,(H,17,18)/b4-3+/t8-,9+/m1/s1. The predicted octanol–water partition coefficient (Wildman–Crippen LogP) is -0.667. The molecule has 1 aliphatic rings. The van der Waals surface area contributed by atoms with E-state index in [0.717, 1.165) is 24.2 Å². The number of nitrogens with zero attached hydrogens (tertiary/aromatic N) is 1. The average molecular weight is 285 g/mol. The Morgan fingerprint density at radius 1 is 1.20 bits per heavy atom. The van der Waals surface area contributed by atoms with Crippen LogP contribution in [0.3, 0.4) is 0 Å². The van der Waals surface area contributed by atoms with Crippen molar-refractivity contribution in [3.05, 3.63) is 12.2 Å². The number of hydrogen-bond donors (Lipinski definition) is 1. The van der Waals surface area contributed by atoms with Crippen molar-refractivity contribution in [3.63, 3.8) is 0 Å². The first-order valence-corrected chi connectivity index (χ1v) is 5.81. The van der Waals surface area contributed by atoms with Crippen LogP contribution in [0.4, 0.5) is 0 Å². The Labute approximate surface area is 114 Å². The minimum Gasteiger partial charge on any atom is -0.480 e. The topological polar surface area (TPSA) is 110 Å². The van der Waals surface area contributed by atoms with Crippen molar-refractivity contribution >= 4 is 23.8 Å². The van der Waals surface area contributed by atoms with Crippen LogP contribution in [0.15, 0.2) is 12.2 Å². The van der Waals surface area contributed by atoms with E-state index in [1.54, 1.807) is 0 Å². The Hall–Kier alpha value is -2.38. The van der Waals surface area contributed by atoms with E-state index in [2.05, 4.69) is 4.74 Å². The Kier molecular flexibility index (Phi) is 5.24. The second-order valence-corrected chi connectivity index (χ2v) is 4.18. The maximum absolute atomic E-state index is 11.4. The van der Waals surface area contributed by atoms with Gasteiger partial charge in [0.25, 0.3) is 0 Å². The van der Waals surface area contributed by atoms with Crippen LogP contribution in [0.2, 0.25) is 0 Å². The van der Waals surface area contributed by atoms with Crippen LogP contribution < -0.4 is 0 Å². The van der Waals surface area contributed by atoms with Gasteiger partial charge in [-0.3, -0.25) is 4.79 Å². The third kappa shape index (κ3) is 4.08. The molecule has 20 heavy (non-hydrogen) atoms. The molecule has 1 fully saturated rings. The van der Waals surface area contributed by atoms with Crippen LogP contribution in [0.1, 0.15) is 13.3 Å². The van der Waals surface area contributed by atoms with Gasteiger partial charge in [-0.05, 0) is 0 Å². The molecule has 0 spiro atoms. The molecule has 1 heterocycles. The Morgan fingerprint density at radius 2 is 1.80 bits per heavy atom. The summed E-state index contributed by atoms with van der Waals surface area (Å²) in [4.78, 5) is 45.6. The molecule has 1 saturated heterocycles. The van der Waals surface area contributed by atoms with Gasteiger partial charge in [0.15, 0.2) is 0 Å². The van der Waals surface area contributed by atoms with E-state index in [-0.39, 0.29) is 13.0 Å². The number of rotatable bonds is 4. The number of aliphatic carboxylic acids is 1. The average Bonchev–Trinajstić information content (AvgIpc) is 2.80. The van der Waals surface area contributed by atoms with E-state index in [1.165, 1.54) is 6.92 Å². The number of ether oxygens (including phenoxy) is 2. The molecular weight excluding hydrogens is 270 g/mol. The Balaban J connectivity index is 2.60. The summed E-state index contributed by atoms with van der Waals surface area (Å²) in [6.45, 7) is 1.27. The van der Waals surface area contributed by atoms with E-state index in [4.69, 9.17) is 9.84 Å². The van der Waals surface area contributed by atoms with Gasteiger partial charge < -0.3 is 19.5 Å². The van der Waals surface area contributed by atoms with E-state index in [1.807, 2.05) is 0 Å². The van der Waals surface area contributed by atoms with Gasteiger partial charge in [0.1, 0.15) is 12.1 Å². The van der Waals surface area contributed by atoms with Crippen LogP contribution in [0.5, 0.6) is 0 Å². The van der Waals surface area contributed by atoms with Gasteiger partial charge in [-0.25, -0.2) is 14.4 Å². The van der Waals surface area contributed by atoms with Gasteiger partial charge in [0, 0.05) is 25.5 Å². The number of esters is 2. The smallest absolute Gasteiger partial charge is 0.331 e. The predicted molar refractivity (Wildman–Crippen MR) is 64.5 cm³/mol. The highest BCUT2D eigenvalue weighted by Gasteiger charge is 2.39. The number of carboxylic acids is 1. The summed E-state index contributed by atoms with van der Waals surface area (Å²) in [6, 6.07) is -1.00. The summed E-state index contributed by atoms with van der Waals surface area (Å²) in [5, 5.41) is 8.98. The molecule has 1 rings (SSSR count). The van der Waals surface area contributed by atoms with Crippen molar-refractivity contribution in [2.24, 2.45) is 0 Å². The number of carbonyl (C=O) groups is 4. The van der Waals surface area contributed by atoms with Gasteiger partial charge in [-0.15, -0.1) is 0 Å². The fourth-order valence-electron chi connectivity index (χ4n) is 1.87. The number of carboxylic acid groups (broad SMARTS) is 1. The van der Waals surface area contributed by atoms with Crippen molar-refractivity contribution in [1.29, 1.82) is 0 Å². The summed E-state index contributed by atoms with van der Waals surface area (Å²) in [5.41, 5.74) is 0. The maximum Gasteiger partial charge on any atom is 0.331 e. The lowest BCUT2D eigenvalue weighted by Crippen LogP contribution is -2.39. The first-order valence-electron chi connectivity index (χ1n) is 5.81. The van der Waals surface area contributed by atoms with E-state index < -0.39 is 36.0 Å². The Bertz CT molecular complexity index is 435. The maximum atomic E-state index is 11.4. The number of carbonyl (C=O) groups excluding carboxylic acids is 3. The first-order chi connectivity index (χ1) is 9.35. The lowest BCUT2D eigenvalue weighted by atomic mass is 10.2. The molecule has 0 aromatic heterocycles. The molecule has 0 aliphatic carbocycles. The molecule has 110 valence electrons. The summed E-state index contributed by atoms with van der Waals surface area (Å²) in [6.07, 6.45) is 1.09. The number of likely N-dealkylation sites (tertiary alicyclic amines) is 1. The zero-order valence-electron chi connectivity index (χ0n) is 11.1. The molecule has 8 nitrogen and oxygen atoms in total. The van der Waals surface area contributed by atoms with E-state index in [9.17, 15) is 19.2 Å². The third-order valence-corrected chi connectivity index (χ3v) is 2.79. The largest absolute Gasteiger partial charge is 0.480 e. The van der Waals surface area contributed by atoms with Gasteiger partial charge in [-0.2, -0.15) is 0 Å². The summed E-state index contributed by atoms with van der Waals surface area (Å²) in [7, 11) is 1.16. The van der Waals surface area contributed by atoms with Gasteiger partial charge in [-0.1, -0.05) is 0 Å². The quantitative estimate of drug-likeness (QED) is 0.539. The fraction of sp³-hybridized carbons (Fsp3) is 0.500. The molecule has 8 heteroatoms. The van der Waals surface area contributed by atoms with Crippen LogP contribution in [-0.4, -0.2) is 59.6 Å². The van der Waals surface area contributed by atoms with Crippen LogP contribution >= 0.6 is 0 Å². The monoisotopic (exact) mass is 285 g/mol. The molecule has 1 aliphatic heterocycles. The SMILES string of the molecule is COC(=O)/C=C/C(=O)O[C@@H]1C[C@@H](C(=O)O)N(C(C)=O)C1. The Morgan fingerprint density at radius 3 is 2.25 bits per heavy atom. The fourth-order valence-corrected chi connectivity index (χ4v) is 1.87. The molecule has 0 unspecified atom stereocenters. The number of amides is 1. The minimum absolute atomic E-state index is 0.0180. The molecule has 0 aromatic carbocycles.